The SMILES string of the molecule is COCc1cc(N=c2n(N)c(=O)n(CC(C)(C)C(=O)OC)c(=O)n2Cc2ccc(Cl)cc2)ccc1OC(C)C. The topological polar surface area (TPSA) is 132 Å². The van der Waals surface area contributed by atoms with Gasteiger partial charge in [0.05, 0.1) is 37.5 Å². The Morgan fingerprint density at radius 2 is 1.72 bits per heavy atom. The van der Waals surface area contributed by atoms with Gasteiger partial charge in [0.2, 0.25) is 5.62 Å². The molecule has 0 amide bonds. The maximum atomic E-state index is 13.7. The quantitative estimate of drug-likeness (QED) is 0.298. The lowest BCUT2D eigenvalue weighted by atomic mass is 9.94. The van der Waals surface area contributed by atoms with Crippen molar-refractivity contribution in [1.29, 1.82) is 0 Å². The van der Waals surface area contributed by atoms with Gasteiger partial charge in [0, 0.05) is 24.2 Å². The Morgan fingerprint density at radius 1 is 1.05 bits per heavy atom. The molecule has 11 nitrogen and oxygen atoms in total. The van der Waals surface area contributed by atoms with Gasteiger partial charge >= 0.3 is 17.3 Å². The molecular weight excluding hydrogens is 526 g/mol. The van der Waals surface area contributed by atoms with Crippen molar-refractivity contribution in [3.63, 3.8) is 0 Å². The molecule has 2 N–H and O–H groups in total. The minimum absolute atomic E-state index is 0.0322. The zero-order valence-electron chi connectivity index (χ0n) is 22.9. The van der Waals surface area contributed by atoms with Crippen LogP contribution < -0.4 is 27.6 Å². The Labute approximate surface area is 231 Å². The molecule has 0 atom stereocenters. The Hall–Kier alpha value is -3.83. The molecule has 3 aromatic rings. The molecule has 12 heteroatoms. The summed E-state index contributed by atoms with van der Waals surface area (Å²) in [5.74, 6) is 6.29. The highest BCUT2D eigenvalue weighted by Gasteiger charge is 2.31. The number of ether oxygens (including phenoxy) is 3. The number of methoxy groups -OCH3 is 2. The van der Waals surface area contributed by atoms with Crippen LogP contribution in [0.1, 0.15) is 38.8 Å². The zero-order chi connectivity index (χ0) is 28.9. The molecule has 0 aliphatic carbocycles. The Morgan fingerprint density at radius 3 is 2.31 bits per heavy atom. The fourth-order valence-corrected chi connectivity index (χ4v) is 4.07. The molecule has 0 radical (unpaired) electrons. The van der Waals surface area contributed by atoms with Crippen LogP contribution in [0.25, 0.3) is 0 Å². The number of nitrogen functional groups attached to an aromatic ring is 1. The first-order valence-corrected chi connectivity index (χ1v) is 12.6. The van der Waals surface area contributed by atoms with Crippen LogP contribution >= 0.6 is 11.6 Å². The summed E-state index contributed by atoms with van der Waals surface area (Å²) in [4.78, 5) is 43.9. The number of esters is 1. The van der Waals surface area contributed by atoms with Gasteiger partial charge in [-0.05, 0) is 63.6 Å². The molecule has 39 heavy (non-hydrogen) atoms. The summed E-state index contributed by atoms with van der Waals surface area (Å²) < 4.78 is 19.0. The second-order valence-electron chi connectivity index (χ2n) is 9.91. The minimum Gasteiger partial charge on any atom is -0.491 e. The lowest BCUT2D eigenvalue weighted by Gasteiger charge is -2.23. The molecule has 0 bridgehead atoms. The highest BCUT2D eigenvalue weighted by Crippen LogP contribution is 2.26. The van der Waals surface area contributed by atoms with Gasteiger partial charge in [-0.25, -0.2) is 19.1 Å². The van der Waals surface area contributed by atoms with E-state index in [4.69, 9.17) is 31.7 Å². The minimum atomic E-state index is -1.18. The largest absolute Gasteiger partial charge is 0.491 e. The number of halogens is 1. The van der Waals surface area contributed by atoms with E-state index in [-0.39, 0.29) is 31.4 Å². The third-order valence-corrected chi connectivity index (χ3v) is 6.09. The maximum absolute atomic E-state index is 13.7. The van der Waals surface area contributed by atoms with E-state index in [0.717, 1.165) is 20.4 Å². The van der Waals surface area contributed by atoms with Gasteiger partial charge < -0.3 is 20.1 Å². The van der Waals surface area contributed by atoms with Crippen molar-refractivity contribution < 1.29 is 19.0 Å². The fourth-order valence-electron chi connectivity index (χ4n) is 3.94. The summed E-state index contributed by atoms with van der Waals surface area (Å²) in [6, 6.07) is 12.1. The summed E-state index contributed by atoms with van der Waals surface area (Å²) in [5.41, 5.74) is -0.916. The van der Waals surface area contributed by atoms with E-state index in [2.05, 4.69) is 4.99 Å². The first-order valence-electron chi connectivity index (χ1n) is 12.3. The summed E-state index contributed by atoms with van der Waals surface area (Å²) in [5, 5.41) is 0.532. The molecule has 0 saturated heterocycles. The average Bonchev–Trinajstić information content (AvgIpc) is 2.89. The van der Waals surface area contributed by atoms with Crippen molar-refractivity contribution in [1.82, 2.24) is 13.8 Å². The normalized spacial score (nSPS) is 12.2. The molecule has 210 valence electrons. The predicted octanol–water partition coefficient (Wildman–Crippen LogP) is 2.59. The van der Waals surface area contributed by atoms with Gasteiger partial charge in [0.25, 0.3) is 0 Å². The lowest BCUT2D eigenvalue weighted by molar-refractivity contribution is -0.151. The van der Waals surface area contributed by atoms with Crippen LogP contribution in [-0.2, 0) is 34.0 Å². The van der Waals surface area contributed by atoms with Gasteiger partial charge in [0.15, 0.2) is 0 Å². The Kier molecular flexibility index (Phi) is 9.41. The van der Waals surface area contributed by atoms with Gasteiger partial charge in [-0.2, -0.15) is 4.68 Å². The number of aromatic nitrogens is 3. The molecule has 0 saturated carbocycles. The van der Waals surface area contributed by atoms with Crippen LogP contribution in [-0.4, -0.2) is 40.1 Å². The maximum Gasteiger partial charge on any atom is 0.353 e. The number of hydrogen-bond donors (Lipinski definition) is 1. The second kappa shape index (κ2) is 12.4. The first-order chi connectivity index (χ1) is 18.4. The van der Waals surface area contributed by atoms with Gasteiger partial charge in [-0.1, -0.05) is 23.7 Å². The molecule has 1 aromatic heterocycles. The molecule has 0 fully saturated rings. The smallest absolute Gasteiger partial charge is 0.353 e. The van der Waals surface area contributed by atoms with Crippen LogP contribution in [0.4, 0.5) is 5.69 Å². The van der Waals surface area contributed by atoms with Crippen LogP contribution in [0.15, 0.2) is 57.0 Å². The average molecular weight is 560 g/mol. The van der Waals surface area contributed by atoms with Crippen molar-refractivity contribution in [2.45, 2.75) is 53.5 Å². The molecule has 2 aromatic carbocycles. The van der Waals surface area contributed by atoms with Crippen molar-refractivity contribution in [3.05, 3.63) is 85.2 Å². The molecule has 0 unspecified atom stereocenters. The number of hydrogen-bond acceptors (Lipinski definition) is 8. The van der Waals surface area contributed by atoms with E-state index in [1.807, 2.05) is 13.8 Å². The summed E-state index contributed by atoms with van der Waals surface area (Å²) in [6.45, 7) is 7.02. The van der Waals surface area contributed by atoms with E-state index in [1.54, 1.807) is 63.4 Å². The second-order valence-corrected chi connectivity index (χ2v) is 10.3. The fraction of sp³-hybridized carbons (Fsp3) is 0.407. The van der Waals surface area contributed by atoms with Gasteiger partial charge in [-0.15, -0.1) is 0 Å². The van der Waals surface area contributed by atoms with Crippen molar-refractivity contribution in [2.24, 2.45) is 10.4 Å². The number of rotatable bonds is 10. The van der Waals surface area contributed by atoms with Crippen LogP contribution in [0, 0.1) is 5.41 Å². The molecule has 3 rings (SSSR count). The molecule has 0 aliphatic rings. The van der Waals surface area contributed by atoms with Crippen LogP contribution in [0.5, 0.6) is 5.75 Å². The number of carbonyl (C=O) groups excluding carboxylic acids is 1. The first kappa shape index (κ1) is 29.7. The van der Waals surface area contributed by atoms with E-state index in [1.165, 1.54) is 11.7 Å². The van der Waals surface area contributed by atoms with Crippen molar-refractivity contribution in [2.75, 3.05) is 20.1 Å². The Bertz CT molecular complexity index is 1520. The third-order valence-electron chi connectivity index (χ3n) is 5.84. The van der Waals surface area contributed by atoms with Crippen molar-refractivity contribution >= 4 is 23.3 Å². The number of nitrogens with zero attached hydrogens (tertiary/aromatic N) is 4. The zero-order valence-corrected chi connectivity index (χ0v) is 23.7. The summed E-state index contributed by atoms with van der Waals surface area (Å²) in [6.07, 6.45) is -0.0546. The highest BCUT2D eigenvalue weighted by atomic mass is 35.5. The summed E-state index contributed by atoms with van der Waals surface area (Å²) in [7, 11) is 2.81. The summed E-state index contributed by atoms with van der Waals surface area (Å²) >= 11 is 6.04. The van der Waals surface area contributed by atoms with Gasteiger partial charge in [-0.3, -0.25) is 9.36 Å². The third kappa shape index (κ3) is 6.98. The van der Waals surface area contributed by atoms with E-state index in [0.29, 0.717) is 16.5 Å². The number of nitrogens with two attached hydrogens (primary N) is 1. The lowest BCUT2D eigenvalue weighted by Crippen LogP contribution is -2.58. The number of carbonyl (C=O) groups is 1. The molecule has 0 aliphatic heterocycles. The van der Waals surface area contributed by atoms with Gasteiger partial charge in [0.1, 0.15) is 5.75 Å². The number of benzene rings is 2. The highest BCUT2D eigenvalue weighted by molar-refractivity contribution is 6.30. The molecular formula is C27H34ClN5O6. The molecule has 0 spiro atoms. The van der Waals surface area contributed by atoms with E-state index < -0.39 is 22.8 Å². The van der Waals surface area contributed by atoms with Crippen LogP contribution in [0.2, 0.25) is 5.02 Å². The standard InChI is InChI=1S/C27H34ClN5O6/c1-17(2)39-22-12-11-21(13-19(22)15-37-5)30-24-31(14-18-7-9-20(28)10-8-18)25(35)32(26(36)33(24)29)16-27(3,4)23(34)38-6/h7-13,17H,14-16,29H2,1-6H3. The van der Waals surface area contributed by atoms with E-state index >= 15 is 0 Å². The predicted molar refractivity (Wildman–Crippen MR) is 148 cm³/mol. The van der Waals surface area contributed by atoms with Crippen LogP contribution in [0.3, 0.4) is 0 Å². The monoisotopic (exact) mass is 559 g/mol. The Balaban J connectivity index is 2.28. The molecule has 1 heterocycles. The van der Waals surface area contributed by atoms with Crippen molar-refractivity contribution in [3.8, 4) is 5.75 Å². The van der Waals surface area contributed by atoms with E-state index in [9.17, 15) is 14.4 Å².